The third-order valence-electron chi connectivity index (χ3n) is 4.42. The van der Waals surface area contributed by atoms with Gasteiger partial charge in [-0.3, -0.25) is 19.2 Å². The number of benzene rings is 1. The number of Topliss-reactive ketones (excluding diaryl/α,β-unsaturated/α-hetero) is 3. The molecule has 0 spiro atoms. The predicted molar refractivity (Wildman–Crippen MR) is 86.6 cm³/mol. The molecule has 0 unspecified atom stereocenters. The molecule has 2 rings (SSSR count). The van der Waals surface area contributed by atoms with E-state index in [1.807, 2.05) is 30.3 Å². The Morgan fingerprint density at radius 1 is 0.913 bits per heavy atom. The van der Waals surface area contributed by atoms with Crippen LogP contribution in [0.2, 0.25) is 0 Å². The van der Waals surface area contributed by atoms with Crippen LogP contribution in [0.4, 0.5) is 0 Å². The van der Waals surface area contributed by atoms with Gasteiger partial charge in [-0.1, -0.05) is 36.4 Å². The van der Waals surface area contributed by atoms with E-state index in [4.69, 9.17) is 0 Å². The molecule has 1 fully saturated rings. The molecule has 0 atom stereocenters. The zero-order chi connectivity index (χ0) is 17.4. The van der Waals surface area contributed by atoms with Crippen molar-refractivity contribution in [3.05, 3.63) is 42.0 Å². The average molecular weight is 312 g/mol. The second kappa shape index (κ2) is 5.69. The van der Waals surface area contributed by atoms with Crippen LogP contribution >= 0.6 is 0 Å². The van der Waals surface area contributed by atoms with Gasteiger partial charge in [0.05, 0.1) is 10.8 Å². The Labute approximate surface area is 135 Å². The minimum absolute atomic E-state index is 0.434. The van der Waals surface area contributed by atoms with Crippen LogP contribution in [0, 0.1) is 16.7 Å². The Bertz CT molecular complexity index is 678. The molecule has 0 bridgehead atoms. The number of carbonyl (C=O) groups excluding carboxylic acids is 4. The van der Waals surface area contributed by atoms with E-state index in [9.17, 15) is 19.2 Å². The molecule has 1 aliphatic rings. The quantitative estimate of drug-likeness (QED) is 0.635. The highest BCUT2D eigenvalue weighted by molar-refractivity contribution is 6.36. The van der Waals surface area contributed by atoms with Gasteiger partial charge in [0.2, 0.25) is 0 Å². The third-order valence-corrected chi connectivity index (χ3v) is 4.42. The summed E-state index contributed by atoms with van der Waals surface area (Å²) < 4.78 is 0. The number of ketones is 4. The maximum atomic E-state index is 12.5. The lowest BCUT2D eigenvalue weighted by molar-refractivity contribution is -0.161. The summed E-state index contributed by atoms with van der Waals surface area (Å²) in [5, 5.41) is 0. The summed E-state index contributed by atoms with van der Waals surface area (Å²) in [5.74, 6) is -3.64. The van der Waals surface area contributed by atoms with Gasteiger partial charge in [-0.2, -0.15) is 0 Å². The first-order chi connectivity index (χ1) is 10.6. The minimum atomic E-state index is -1.40. The van der Waals surface area contributed by atoms with Crippen molar-refractivity contribution >= 4 is 29.2 Å². The number of carbonyl (C=O) groups is 4. The van der Waals surface area contributed by atoms with E-state index in [1.165, 1.54) is 33.8 Å². The molecule has 0 radical (unpaired) electrons. The number of allylic oxidation sites excluding steroid dienone is 1. The van der Waals surface area contributed by atoms with Gasteiger partial charge in [0.1, 0.15) is 5.92 Å². The van der Waals surface area contributed by atoms with Crippen molar-refractivity contribution in [2.24, 2.45) is 16.7 Å². The summed E-state index contributed by atoms with van der Waals surface area (Å²) in [5.41, 5.74) is -1.87. The summed E-state index contributed by atoms with van der Waals surface area (Å²) in [6.45, 7) is 5.92. The van der Waals surface area contributed by atoms with Gasteiger partial charge in [0, 0.05) is 0 Å². The van der Waals surface area contributed by atoms with E-state index in [0.717, 1.165) is 5.56 Å². The van der Waals surface area contributed by atoms with E-state index >= 15 is 0 Å². The molecule has 1 saturated carbocycles. The monoisotopic (exact) mass is 312 g/mol. The van der Waals surface area contributed by atoms with Crippen LogP contribution in [0.5, 0.6) is 0 Å². The summed E-state index contributed by atoms with van der Waals surface area (Å²) in [7, 11) is 0. The summed E-state index contributed by atoms with van der Waals surface area (Å²) in [6, 6.07) is 9.12. The van der Waals surface area contributed by atoms with Crippen LogP contribution in [0.25, 0.3) is 6.08 Å². The molecule has 1 aromatic carbocycles. The number of rotatable bonds is 3. The SMILES string of the molecule is CC1(C)C(=O)C(C(=O)/C=C/c2ccccc2)C(=O)C(C)(C)C1=O. The van der Waals surface area contributed by atoms with Gasteiger partial charge in [-0.25, -0.2) is 0 Å². The fraction of sp³-hybridized carbons (Fsp3) is 0.368. The van der Waals surface area contributed by atoms with Gasteiger partial charge in [-0.15, -0.1) is 0 Å². The van der Waals surface area contributed by atoms with E-state index in [2.05, 4.69) is 0 Å². The normalized spacial score (nSPS) is 21.0. The second-order valence-corrected chi connectivity index (χ2v) is 6.89. The molecule has 120 valence electrons. The molecule has 0 N–H and O–H groups in total. The first kappa shape index (κ1) is 17.0. The largest absolute Gasteiger partial charge is 0.297 e. The molecule has 0 aromatic heterocycles. The van der Waals surface area contributed by atoms with Crippen LogP contribution in [0.3, 0.4) is 0 Å². The topological polar surface area (TPSA) is 68.3 Å². The molecule has 4 nitrogen and oxygen atoms in total. The van der Waals surface area contributed by atoms with Gasteiger partial charge in [0.15, 0.2) is 23.1 Å². The first-order valence-corrected chi connectivity index (χ1v) is 7.50. The lowest BCUT2D eigenvalue weighted by Crippen LogP contribution is -2.59. The van der Waals surface area contributed by atoms with Crippen molar-refractivity contribution in [2.75, 3.05) is 0 Å². The smallest absolute Gasteiger partial charge is 0.173 e. The van der Waals surface area contributed by atoms with Crippen molar-refractivity contribution in [1.29, 1.82) is 0 Å². The van der Waals surface area contributed by atoms with Crippen LogP contribution < -0.4 is 0 Å². The van der Waals surface area contributed by atoms with Gasteiger partial charge in [0.25, 0.3) is 0 Å². The molecule has 0 saturated heterocycles. The van der Waals surface area contributed by atoms with E-state index in [0.29, 0.717) is 0 Å². The Morgan fingerprint density at radius 2 is 1.39 bits per heavy atom. The maximum absolute atomic E-state index is 12.5. The Balaban J connectivity index is 2.35. The Kier molecular flexibility index (Phi) is 4.20. The number of hydrogen-bond acceptors (Lipinski definition) is 4. The zero-order valence-electron chi connectivity index (χ0n) is 13.8. The summed E-state index contributed by atoms with van der Waals surface area (Å²) in [6.07, 6.45) is 2.82. The van der Waals surface area contributed by atoms with E-state index < -0.39 is 39.9 Å². The van der Waals surface area contributed by atoms with Gasteiger partial charge < -0.3 is 0 Å². The molecule has 0 amide bonds. The van der Waals surface area contributed by atoms with Crippen molar-refractivity contribution < 1.29 is 19.2 Å². The fourth-order valence-corrected chi connectivity index (χ4v) is 2.94. The molecule has 0 heterocycles. The predicted octanol–water partition coefficient (Wildman–Crippen LogP) is 2.66. The van der Waals surface area contributed by atoms with E-state index in [1.54, 1.807) is 6.08 Å². The molecule has 0 aliphatic heterocycles. The molecular weight excluding hydrogens is 292 g/mol. The summed E-state index contributed by atoms with van der Waals surface area (Å²) >= 11 is 0. The molecular formula is C19H20O4. The highest BCUT2D eigenvalue weighted by atomic mass is 16.2. The van der Waals surface area contributed by atoms with Crippen LogP contribution in [0.15, 0.2) is 36.4 Å². The molecule has 1 aliphatic carbocycles. The minimum Gasteiger partial charge on any atom is -0.297 e. The van der Waals surface area contributed by atoms with Gasteiger partial charge >= 0.3 is 0 Å². The molecule has 4 heteroatoms. The average Bonchev–Trinajstić information content (AvgIpc) is 2.51. The molecule has 1 aromatic rings. The van der Waals surface area contributed by atoms with E-state index in [-0.39, 0.29) is 0 Å². The Morgan fingerprint density at radius 3 is 1.87 bits per heavy atom. The highest BCUT2D eigenvalue weighted by Gasteiger charge is 2.59. The first-order valence-electron chi connectivity index (χ1n) is 7.50. The summed E-state index contributed by atoms with van der Waals surface area (Å²) in [4.78, 5) is 49.8. The Hall–Kier alpha value is -2.36. The lowest BCUT2D eigenvalue weighted by atomic mass is 9.58. The molecule has 23 heavy (non-hydrogen) atoms. The fourth-order valence-electron chi connectivity index (χ4n) is 2.94. The van der Waals surface area contributed by atoms with Crippen LogP contribution in [-0.4, -0.2) is 23.1 Å². The standard InChI is InChI=1S/C19H20O4/c1-18(2)15(21)14(16(22)19(3,4)17(18)23)13(20)11-10-12-8-6-5-7-9-12/h5-11,14H,1-4H3/b11-10+. The van der Waals surface area contributed by atoms with Crippen molar-refractivity contribution in [3.63, 3.8) is 0 Å². The highest BCUT2D eigenvalue weighted by Crippen LogP contribution is 2.41. The zero-order valence-corrected chi connectivity index (χ0v) is 13.8. The van der Waals surface area contributed by atoms with Crippen molar-refractivity contribution in [2.45, 2.75) is 27.7 Å². The van der Waals surface area contributed by atoms with Crippen molar-refractivity contribution in [3.8, 4) is 0 Å². The maximum Gasteiger partial charge on any atom is 0.173 e. The second-order valence-electron chi connectivity index (χ2n) is 6.89. The third kappa shape index (κ3) is 2.81. The number of hydrogen-bond donors (Lipinski definition) is 0. The van der Waals surface area contributed by atoms with Crippen LogP contribution in [-0.2, 0) is 19.2 Å². The van der Waals surface area contributed by atoms with Crippen molar-refractivity contribution in [1.82, 2.24) is 0 Å². The van der Waals surface area contributed by atoms with Crippen LogP contribution in [0.1, 0.15) is 33.3 Å². The van der Waals surface area contributed by atoms with Gasteiger partial charge in [-0.05, 0) is 39.3 Å². The lowest BCUT2D eigenvalue weighted by Gasteiger charge is -2.39.